The van der Waals surface area contributed by atoms with Crippen LogP contribution in [0, 0.1) is 25.2 Å². The third kappa shape index (κ3) is 5.05. The van der Waals surface area contributed by atoms with Gasteiger partial charge in [0.25, 0.3) is 0 Å². The van der Waals surface area contributed by atoms with Crippen LogP contribution < -0.4 is 70.2 Å². The summed E-state index contributed by atoms with van der Waals surface area (Å²) in [5.74, 6) is 0.444. The topological polar surface area (TPSA) is 0 Å². The van der Waals surface area contributed by atoms with Gasteiger partial charge in [0.1, 0.15) is 0 Å². The molecular weight excluding hydrogens is 118 g/mol. The summed E-state index contributed by atoms with van der Waals surface area (Å²) < 4.78 is 7.22. The fraction of sp³-hybridized carbons (Fsp3) is 0.500. The summed E-state index contributed by atoms with van der Waals surface area (Å²) in [5.41, 5.74) is 0. The fourth-order valence-electron chi connectivity index (χ4n) is 0.543. The Labute approximate surface area is 108 Å². The van der Waals surface area contributed by atoms with Gasteiger partial charge in [0.05, 0.1) is 0 Å². The van der Waals surface area contributed by atoms with E-state index in [4.69, 9.17) is 1.37 Å². The van der Waals surface area contributed by atoms with E-state index in [1.165, 1.54) is 0 Å². The zero-order valence-electron chi connectivity index (χ0n) is 6.89. The number of rotatable bonds is 0. The van der Waals surface area contributed by atoms with Gasteiger partial charge in [-0.1, -0.05) is 6.92 Å². The summed E-state index contributed by atoms with van der Waals surface area (Å²) in [5, 5.41) is 0. The van der Waals surface area contributed by atoms with Crippen LogP contribution in [0.2, 0.25) is 0 Å². The van der Waals surface area contributed by atoms with E-state index in [0.29, 0.717) is 5.92 Å². The summed E-state index contributed by atoms with van der Waals surface area (Å²) in [6, 6.07) is 0. The summed E-state index contributed by atoms with van der Waals surface area (Å²) in [7, 11) is 0. The van der Waals surface area contributed by atoms with Gasteiger partial charge in [0, 0.05) is 0 Å². The number of hydrogen-bond donors (Lipinski definition) is 0. The Bertz CT molecular complexity index is 62.1. The predicted octanol–water partition coefficient (Wildman–Crippen LogP) is -4.35. The normalized spacial score (nSPS) is 36.9. The molecule has 0 aromatic carbocycles. The van der Waals surface area contributed by atoms with Gasteiger partial charge in [-0.3, -0.25) is 0 Å². The molecule has 0 nitrogen and oxygen atoms in total. The third-order valence-electron chi connectivity index (χ3n) is 0.940. The Morgan fingerprint density at radius 1 is 1.88 bits per heavy atom. The largest absolute Gasteiger partial charge is 1.00 e. The first-order chi connectivity index (χ1) is 3.30. The Morgan fingerprint density at radius 3 is 2.62 bits per heavy atom. The first kappa shape index (κ1) is 10.2. The molecule has 8 heavy (non-hydrogen) atoms. The minimum atomic E-state index is 0. The molecule has 1 aliphatic carbocycles. The van der Waals surface area contributed by atoms with Crippen molar-refractivity contribution >= 4 is 0 Å². The van der Waals surface area contributed by atoms with Crippen LogP contribution in [0.3, 0.4) is 0 Å². The molecule has 1 rings (SSSR count). The molecule has 2 heteroatoms. The zero-order valence-corrected chi connectivity index (χ0v) is 9.01. The van der Waals surface area contributed by atoms with Crippen molar-refractivity contribution in [3.63, 3.8) is 0 Å². The van der Waals surface area contributed by atoms with Crippen molar-refractivity contribution in [1.82, 2.24) is 0 Å². The fourth-order valence-corrected chi connectivity index (χ4v) is 0.543. The molecule has 0 aromatic heterocycles. The maximum atomic E-state index is 7.22. The minimum Gasteiger partial charge on any atom is -0.361 e. The maximum Gasteiger partial charge on any atom is 1.00 e. The summed E-state index contributed by atoms with van der Waals surface area (Å²) in [6.07, 6.45) is 5.95. The van der Waals surface area contributed by atoms with E-state index in [1.54, 1.807) is 0 Å². The smallest absolute Gasteiger partial charge is 0.361 e. The van der Waals surface area contributed by atoms with Crippen molar-refractivity contribution in [3.05, 3.63) is 19.3 Å². The van der Waals surface area contributed by atoms with Gasteiger partial charge in [-0.15, -0.1) is 0 Å². The van der Waals surface area contributed by atoms with Crippen LogP contribution in [0.4, 0.5) is 0 Å². The van der Waals surface area contributed by atoms with Gasteiger partial charge in [-0.2, -0.15) is 5.92 Å². The van der Waals surface area contributed by atoms with E-state index < -0.39 is 0 Å². The van der Waals surface area contributed by atoms with Crippen molar-refractivity contribution in [2.24, 2.45) is 5.92 Å². The molecule has 0 amide bonds. The first-order valence-corrected chi connectivity index (χ1v) is 2.24. The Kier molecular flexibility index (Phi) is 9.39. The SMILES string of the molecule is [2H]C1[CH-][CH][CH-]C1C.[K+].[Li+]. The van der Waals surface area contributed by atoms with E-state index in [1.807, 2.05) is 12.8 Å². The Hall–Kier alpha value is 2.23. The molecule has 2 unspecified atom stereocenters. The standard InChI is InChI=1S/C6H9.K.Li/c1-6-4-2-3-5-6;;/h2-4,6H,5H2,1H3;;/q-2;2*+1/i5D;;. The molecule has 0 N–H and O–H groups in total. The van der Waals surface area contributed by atoms with Crippen LogP contribution >= 0.6 is 0 Å². The minimum absolute atomic E-state index is 0. The molecular formula is C6H9KLi. The molecule has 0 spiro atoms. The molecule has 0 aliphatic heterocycles. The Morgan fingerprint density at radius 2 is 2.50 bits per heavy atom. The molecule has 1 aliphatic rings. The second-order valence-electron chi connectivity index (χ2n) is 1.63. The van der Waals surface area contributed by atoms with Crippen LogP contribution in [0.15, 0.2) is 0 Å². The van der Waals surface area contributed by atoms with E-state index >= 15 is 0 Å². The molecule has 2 atom stereocenters. The van der Waals surface area contributed by atoms with E-state index in [0.717, 1.165) is 0 Å². The third-order valence-corrected chi connectivity index (χ3v) is 0.940. The molecule has 0 heterocycles. The second kappa shape index (κ2) is 7.34. The maximum absolute atomic E-state index is 7.22. The molecule has 1 fully saturated rings. The van der Waals surface area contributed by atoms with Gasteiger partial charge in [-0.25, -0.2) is 6.40 Å². The van der Waals surface area contributed by atoms with Crippen LogP contribution in [-0.4, -0.2) is 0 Å². The van der Waals surface area contributed by atoms with Crippen molar-refractivity contribution in [1.29, 1.82) is 0 Å². The van der Waals surface area contributed by atoms with Crippen LogP contribution in [0.1, 0.15) is 14.7 Å². The summed E-state index contributed by atoms with van der Waals surface area (Å²) in [4.78, 5) is 0. The first-order valence-electron chi connectivity index (χ1n) is 2.82. The predicted molar refractivity (Wildman–Crippen MR) is 26.7 cm³/mol. The van der Waals surface area contributed by atoms with Crippen molar-refractivity contribution < 1.29 is 71.6 Å². The second-order valence-corrected chi connectivity index (χ2v) is 1.63. The zero-order chi connectivity index (χ0) is 5.28. The average Bonchev–Trinajstić information content (AvgIpc) is 1.91. The van der Waals surface area contributed by atoms with Gasteiger partial charge < -0.3 is 19.3 Å². The molecule has 0 aromatic rings. The molecule has 0 saturated heterocycles. The van der Waals surface area contributed by atoms with Gasteiger partial charge in [-0.05, 0) is 1.37 Å². The van der Waals surface area contributed by atoms with Crippen LogP contribution in [0.25, 0.3) is 0 Å². The van der Waals surface area contributed by atoms with E-state index in [2.05, 4.69) is 13.3 Å². The molecule has 35 valence electrons. The molecule has 0 bridgehead atoms. The quantitative estimate of drug-likeness (QED) is 0.228. The van der Waals surface area contributed by atoms with Gasteiger partial charge in [0.15, 0.2) is 0 Å². The molecule has 1 radical (unpaired) electrons. The summed E-state index contributed by atoms with van der Waals surface area (Å²) in [6.45, 7) is 2.05. The summed E-state index contributed by atoms with van der Waals surface area (Å²) >= 11 is 0. The monoisotopic (exact) mass is 128 g/mol. The van der Waals surface area contributed by atoms with E-state index in [9.17, 15) is 0 Å². The van der Waals surface area contributed by atoms with Gasteiger partial charge in [0.2, 0.25) is 0 Å². The number of hydrogen-bond acceptors (Lipinski definition) is 0. The van der Waals surface area contributed by atoms with Crippen molar-refractivity contribution in [2.75, 3.05) is 0 Å². The average molecular weight is 128 g/mol. The molecule has 1 saturated carbocycles. The van der Waals surface area contributed by atoms with Crippen molar-refractivity contribution in [2.45, 2.75) is 13.3 Å². The van der Waals surface area contributed by atoms with Crippen LogP contribution in [0.5, 0.6) is 0 Å². The Balaban J connectivity index is 0. The van der Waals surface area contributed by atoms with Gasteiger partial charge >= 0.3 is 70.2 Å². The van der Waals surface area contributed by atoms with E-state index in [-0.39, 0.29) is 76.6 Å². The van der Waals surface area contributed by atoms with Crippen molar-refractivity contribution in [3.8, 4) is 0 Å². The van der Waals surface area contributed by atoms with Crippen LogP contribution in [-0.2, 0) is 0 Å².